The van der Waals surface area contributed by atoms with E-state index in [4.69, 9.17) is 0 Å². The third kappa shape index (κ3) is 4.57. The molecule has 0 aliphatic rings. The maximum absolute atomic E-state index is 12.0. The van der Waals surface area contributed by atoms with Crippen molar-refractivity contribution in [2.45, 2.75) is 13.3 Å². The van der Waals surface area contributed by atoms with Crippen molar-refractivity contribution in [2.24, 2.45) is 0 Å². The molecule has 0 atom stereocenters. The molecule has 0 fully saturated rings. The first-order valence-corrected chi connectivity index (χ1v) is 7.44. The molecule has 5 nitrogen and oxygen atoms in total. The van der Waals surface area contributed by atoms with E-state index in [-0.39, 0.29) is 18.4 Å². The van der Waals surface area contributed by atoms with Gasteiger partial charge in [0, 0.05) is 11.4 Å². The largest absolute Gasteiger partial charge is 0.465 e. The van der Waals surface area contributed by atoms with E-state index in [0.29, 0.717) is 5.56 Å². The van der Waals surface area contributed by atoms with E-state index < -0.39 is 0 Å². The quantitative estimate of drug-likeness (QED) is 0.804. The summed E-state index contributed by atoms with van der Waals surface area (Å²) >= 11 is 0. The maximum Gasteiger partial charge on any atom is 0.337 e. The molecule has 0 saturated carbocycles. The lowest BCUT2D eigenvalue weighted by molar-refractivity contribution is -0.114. The van der Waals surface area contributed by atoms with Crippen LogP contribution in [-0.2, 0) is 16.0 Å². The van der Waals surface area contributed by atoms with Crippen LogP contribution in [0.1, 0.15) is 22.8 Å². The van der Waals surface area contributed by atoms with Crippen LogP contribution in [0.5, 0.6) is 0 Å². The molecule has 0 heterocycles. The summed E-state index contributed by atoms with van der Waals surface area (Å²) in [5.74, 6) is -0.506. The van der Waals surface area contributed by atoms with Gasteiger partial charge in [-0.1, -0.05) is 25.1 Å². The monoisotopic (exact) mass is 312 g/mol. The number of methoxy groups -OCH3 is 1. The third-order valence-corrected chi connectivity index (χ3v) is 3.43. The Hall–Kier alpha value is -2.82. The fraction of sp³-hybridized carbons (Fsp3) is 0.222. The summed E-state index contributed by atoms with van der Waals surface area (Å²) in [5, 5.41) is 5.92. The topological polar surface area (TPSA) is 67.4 Å². The first-order valence-electron chi connectivity index (χ1n) is 7.44. The van der Waals surface area contributed by atoms with Gasteiger partial charge in [0.1, 0.15) is 0 Å². The molecule has 120 valence electrons. The van der Waals surface area contributed by atoms with Gasteiger partial charge in [-0.15, -0.1) is 0 Å². The molecule has 0 aliphatic carbocycles. The van der Waals surface area contributed by atoms with E-state index in [0.717, 1.165) is 23.4 Å². The smallest absolute Gasteiger partial charge is 0.337 e. The molecule has 2 aromatic rings. The predicted octanol–water partition coefficient (Wildman–Crippen LogP) is 3.09. The summed E-state index contributed by atoms with van der Waals surface area (Å²) < 4.78 is 4.64. The van der Waals surface area contributed by atoms with Crippen LogP contribution in [0.15, 0.2) is 48.5 Å². The van der Waals surface area contributed by atoms with Gasteiger partial charge in [-0.05, 0) is 42.3 Å². The number of anilines is 2. The lowest BCUT2D eigenvalue weighted by atomic mass is 10.1. The summed E-state index contributed by atoms with van der Waals surface area (Å²) in [5.41, 5.74) is 3.17. The van der Waals surface area contributed by atoms with Crippen molar-refractivity contribution in [2.75, 3.05) is 24.3 Å². The van der Waals surface area contributed by atoms with Gasteiger partial charge in [-0.25, -0.2) is 4.79 Å². The van der Waals surface area contributed by atoms with Crippen LogP contribution >= 0.6 is 0 Å². The summed E-state index contributed by atoms with van der Waals surface area (Å²) in [4.78, 5) is 23.4. The molecular weight excluding hydrogens is 292 g/mol. The van der Waals surface area contributed by atoms with Crippen LogP contribution in [0.2, 0.25) is 0 Å². The van der Waals surface area contributed by atoms with Gasteiger partial charge in [0.25, 0.3) is 0 Å². The second-order valence-corrected chi connectivity index (χ2v) is 4.98. The molecular formula is C18H20N2O3. The highest BCUT2D eigenvalue weighted by Crippen LogP contribution is 2.15. The van der Waals surface area contributed by atoms with Gasteiger partial charge in [0.2, 0.25) is 5.91 Å². The number of benzene rings is 2. The Morgan fingerprint density at radius 2 is 1.74 bits per heavy atom. The Morgan fingerprint density at radius 1 is 1.04 bits per heavy atom. The highest BCUT2D eigenvalue weighted by molar-refractivity contribution is 5.94. The molecule has 0 unspecified atom stereocenters. The third-order valence-electron chi connectivity index (χ3n) is 3.43. The molecule has 2 aromatic carbocycles. The number of carbonyl (C=O) groups is 2. The molecule has 1 amide bonds. The molecule has 0 spiro atoms. The van der Waals surface area contributed by atoms with Gasteiger partial charge >= 0.3 is 5.97 Å². The molecule has 0 aromatic heterocycles. The Labute approximate surface area is 135 Å². The fourth-order valence-corrected chi connectivity index (χ4v) is 2.17. The Balaban J connectivity index is 1.90. The van der Waals surface area contributed by atoms with Gasteiger partial charge in [-0.2, -0.15) is 0 Å². The van der Waals surface area contributed by atoms with E-state index >= 15 is 0 Å². The predicted molar refractivity (Wildman–Crippen MR) is 90.7 cm³/mol. The number of para-hydroxylation sites is 1. The molecule has 2 rings (SSSR count). The average Bonchev–Trinajstić information content (AvgIpc) is 2.60. The molecule has 23 heavy (non-hydrogen) atoms. The summed E-state index contributed by atoms with van der Waals surface area (Å²) in [6, 6.07) is 14.5. The number of esters is 1. The van der Waals surface area contributed by atoms with Gasteiger partial charge in [0.05, 0.1) is 19.2 Å². The van der Waals surface area contributed by atoms with Crippen LogP contribution in [0.3, 0.4) is 0 Å². The molecule has 5 heteroatoms. The van der Waals surface area contributed by atoms with Gasteiger partial charge < -0.3 is 15.4 Å². The van der Waals surface area contributed by atoms with Crippen molar-refractivity contribution in [3.05, 3.63) is 59.7 Å². The zero-order valence-electron chi connectivity index (χ0n) is 13.3. The number of hydrogen-bond acceptors (Lipinski definition) is 4. The normalized spacial score (nSPS) is 10.0. The lowest BCUT2D eigenvalue weighted by Gasteiger charge is -2.11. The van der Waals surface area contributed by atoms with Crippen LogP contribution in [0.25, 0.3) is 0 Å². The van der Waals surface area contributed by atoms with E-state index in [2.05, 4.69) is 15.4 Å². The summed E-state index contributed by atoms with van der Waals surface area (Å²) in [6.45, 7) is 2.20. The number of ether oxygens (including phenoxy) is 1. The Kier molecular flexibility index (Phi) is 5.74. The minimum absolute atomic E-state index is 0.122. The zero-order chi connectivity index (χ0) is 16.7. The SMILES string of the molecule is CCc1ccccc1NC(=O)CNc1ccc(C(=O)OC)cc1. The van der Waals surface area contributed by atoms with Crippen LogP contribution < -0.4 is 10.6 Å². The summed E-state index contributed by atoms with van der Waals surface area (Å²) in [6.07, 6.45) is 0.860. The second-order valence-electron chi connectivity index (χ2n) is 4.98. The second kappa shape index (κ2) is 7.98. The van der Waals surface area contributed by atoms with E-state index in [1.165, 1.54) is 7.11 Å². The number of aryl methyl sites for hydroxylation is 1. The minimum atomic E-state index is -0.384. The summed E-state index contributed by atoms with van der Waals surface area (Å²) in [7, 11) is 1.34. The van der Waals surface area contributed by atoms with Crippen molar-refractivity contribution >= 4 is 23.3 Å². The Morgan fingerprint density at radius 3 is 2.39 bits per heavy atom. The zero-order valence-corrected chi connectivity index (χ0v) is 13.3. The van der Waals surface area contributed by atoms with Gasteiger partial charge in [-0.3, -0.25) is 4.79 Å². The lowest BCUT2D eigenvalue weighted by Crippen LogP contribution is -2.22. The molecule has 0 aliphatic heterocycles. The standard InChI is InChI=1S/C18H20N2O3/c1-3-13-6-4-5-7-16(13)20-17(21)12-19-15-10-8-14(9-11-15)18(22)23-2/h4-11,19H,3,12H2,1-2H3,(H,20,21). The first kappa shape index (κ1) is 16.5. The number of hydrogen-bond donors (Lipinski definition) is 2. The van der Waals surface area contributed by atoms with Crippen LogP contribution in [0, 0.1) is 0 Å². The van der Waals surface area contributed by atoms with Crippen molar-refractivity contribution < 1.29 is 14.3 Å². The average molecular weight is 312 g/mol. The van der Waals surface area contributed by atoms with Crippen molar-refractivity contribution in [3.8, 4) is 0 Å². The van der Waals surface area contributed by atoms with E-state index in [1.54, 1.807) is 24.3 Å². The Bertz CT molecular complexity index is 681. The molecule has 0 radical (unpaired) electrons. The van der Waals surface area contributed by atoms with Gasteiger partial charge in [0.15, 0.2) is 0 Å². The number of amides is 1. The number of carbonyl (C=O) groups excluding carboxylic acids is 2. The highest BCUT2D eigenvalue weighted by atomic mass is 16.5. The van der Waals surface area contributed by atoms with E-state index in [9.17, 15) is 9.59 Å². The van der Waals surface area contributed by atoms with Crippen LogP contribution in [-0.4, -0.2) is 25.5 Å². The number of rotatable bonds is 6. The first-order chi connectivity index (χ1) is 11.1. The minimum Gasteiger partial charge on any atom is -0.465 e. The van der Waals surface area contributed by atoms with E-state index in [1.807, 2.05) is 31.2 Å². The molecule has 0 bridgehead atoms. The molecule has 2 N–H and O–H groups in total. The maximum atomic E-state index is 12.0. The number of nitrogens with one attached hydrogen (secondary N) is 2. The van der Waals surface area contributed by atoms with Crippen molar-refractivity contribution in [3.63, 3.8) is 0 Å². The fourth-order valence-electron chi connectivity index (χ4n) is 2.17. The van der Waals surface area contributed by atoms with Crippen molar-refractivity contribution in [1.29, 1.82) is 0 Å². The van der Waals surface area contributed by atoms with Crippen molar-refractivity contribution in [1.82, 2.24) is 0 Å². The van der Waals surface area contributed by atoms with Crippen LogP contribution in [0.4, 0.5) is 11.4 Å². The highest BCUT2D eigenvalue weighted by Gasteiger charge is 2.07. The molecule has 0 saturated heterocycles.